The van der Waals surface area contributed by atoms with Crippen molar-refractivity contribution in [1.82, 2.24) is 15.5 Å². The first-order valence-corrected chi connectivity index (χ1v) is 10.5. The summed E-state index contributed by atoms with van der Waals surface area (Å²) in [5.74, 6) is 1.30. The maximum atomic E-state index is 12.1. The number of rotatable bonds is 7. The largest absolute Gasteiger partial charge is 0.356 e. The highest BCUT2D eigenvalue weighted by atomic mass is 32.2. The van der Waals surface area contributed by atoms with E-state index in [1.165, 1.54) is 41.5 Å². The number of carbonyl (C=O) groups is 1. The van der Waals surface area contributed by atoms with Crippen molar-refractivity contribution < 1.29 is 4.79 Å². The fraction of sp³-hybridized carbons (Fsp3) is 0.500. The molecule has 0 saturated heterocycles. The van der Waals surface area contributed by atoms with E-state index in [4.69, 9.17) is 0 Å². The lowest BCUT2D eigenvalue weighted by Gasteiger charge is -2.26. The van der Waals surface area contributed by atoms with E-state index in [1.807, 2.05) is 18.2 Å². The molecule has 0 aliphatic heterocycles. The van der Waals surface area contributed by atoms with Crippen molar-refractivity contribution in [1.29, 1.82) is 0 Å². The molecule has 0 radical (unpaired) electrons. The van der Waals surface area contributed by atoms with Crippen LogP contribution in [0.15, 0.2) is 34.7 Å². The molecule has 1 fully saturated rings. The number of nitrogens with one attached hydrogen (secondary N) is 2. The van der Waals surface area contributed by atoms with E-state index in [0.29, 0.717) is 11.8 Å². The second-order valence-corrected chi connectivity index (χ2v) is 8.73. The SMILES string of the molecule is CC1CCC(NC(=O)CSc2nnc(NCc3ccccc3)s2)CC1. The second kappa shape index (κ2) is 9.20. The summed E-state index contributed by atoms with van der Waals surface area (Å²) in [6.07, 6.45) is 4.63. The molecule has 1 aromatic carbocycles. The molecule has 0 bridgehead atoms. The average molecular weight is 377 g/mol. The molecular formula is C18H24N4OS2. The number of hydrogen-bond acceptors (Lipinski definition) is 6. The summed E-state index contributed by atoms with van der Waals surface area (Å²) < 4.78 is 0.822. The van der Waals surface area contributed by atoms with Crippen molar-refractivity contribution in [2.24, 2.45) is 5.92 Å². The van der Waals surface area contributed by atoms with Gasteiger partial charge in [-0.3, -0.25) is 4.79 Å². The summed E-state index contributed by atoms with van der Waals surface area (Å²) in [4.78, 5) is 12.1. The van der Waals surface area contributed by atoms with Gasteiger partial charge in [0.05, 0.1) is 5.75 Å². The van der Waals surface area contributed by atoms with Crippen LogP contribution in [0.3, 0.4) is 0 Å². The minimum atomic E-state index is 0.0959. The lowest BCUT2D eigenvalue weighted by atomic mass is 9.87. The number of carbonyl (C=O) groups excluding carboxylic acids is 1. The molecule has 1 aliphatic carbocycles. The average Bonchev–Trinajstić information content (AvgIpc) is 3.09. The Labute approximate surface area is 157 Å². The molecule has 0 spiro atoms. The van der Waals surface area contributed by atoms with Crippen LogP contribution in [-0.2, 0) is 11.3 Å². The third kappa shape index (κ3) is 6.01. The molecular weight excluding hydrogens is 352 g/mol. The fourth-order valence-corrected chi connectivity index (χ4v) is 4.47. The van der Waals surface area contributed by atoms with Crippen LogP contribution in [0.25, 0.3) is 0 Å². The van der Waals surface area contributed by atoms with Gasteiger partial charge in [0, 0.05) is 12.6 Å². The first-order chi connectivity index (χ1) is 12.2. The van der Waals surface area contributed by atoms with Gasteiger partial charge in [-0.25, -0.2) is 0 Å². The summed E-state index contributed by atoms with van der Waals surface area (Å²) in [7, 11) is 0. The highest BCUT2D eigenvalue weighted by molar-refractivity contribution is 8.01. The maximum absolute atomic E-state index is 12.1. The second-order valence-electron chi connectivity index (χ2n) is 6.53. The molecule has 2 aromatic rings. The van der Waals surface area contributed by atoms with E-state index in [2.05, 4.69) is 39.9 Å². The monoisotopic (exact) mass is 376 g/mol. The smallest absolute Gasteiger partial charge is 0.230 e. The molecule has 0 atom stereocenters. The van der Waals surface area contributed by atoms with Crippen molar-refractivity contribution in [3.8, 4) is 0 Å². The highest BCUT2D eigenvalue weighted by Gasteiger charge is 2.19. The third-order valence-electron chi connectivity index (χ3n) is 4.40. The van der Waals surface area contributed by atoms with E-state index in [9.17, 15) is 4.79 Å². The first-order valence-electron chi connectivity index (χ1n) is 8.72. The number of aromatic nitrogens is 2. The number of anilines is 1. The molecule has 3 rings (SSSR count). The van der Waals surface area contributed by atoms with Crippen LogP contribution in [0.5, 0.6) is 0 Å². The lowest BCUT2D eigenvalue weighted by molar-refractivity contribution is -0.119. The van der Waals surface area contributed by atoms with Gasteiger partial charge in [0.1, 0.15) is 0 Å². The van der Waals surface area contributed by atoms with Crippen molar-refractivity contribution in [3.63, 3.8) is 0 Å². The van der Waals surface area contributed by atoms with Crippen molar-refractivity contribution in [3.05, 3.63) is 35.9 Å². The van der Waals surface area contributed by atoms with Crippen LogP contribution in [0.1, 0.15) is 38.2 Å². The van der Waals surface area contributed by atoms with Crippen LogP contribution in [-0.4, -0.2) is 27.9 Å². The van der Waals surface area contributed by atoms with Gasteiger partial charge < -0.3 is 10.6 Å². The fourth-order valence-electron chi connectivity index (χ4n) is 2.91. The van der Waals surface area contributed by atoms with Crippen LogP contribution in [0, 0.1) is 5.92 Å². The zero-order valence-electron chi connectivity index (χ0n) is 14.4. The minimum absolute atomic E-state index is 0.0959. The summed E-state index contributed by atoms with van der Waals surface area (Å²) in [6.45, 7) is 3.01. The molecule has 25 heavy (non-hydrogen) atoms. The Balaban J connectivity index is 1.38. The van der Waals surface area contributed by atoms with Gasteiger partial charge in [-0.15, -0.1) is 10.2 Å². The first kappa shape index (κ1) is 18.2. The molecule has 7 heteroatoms. The zero-order valence-corrected chi connectivity index (χ0v) is 16.0. The summed E-state index contributed by atoms with van der Waals surface area (Å²) in [6, 6.07) is 10.5. The Morgan fingerprint density at radius 3 is 2.72 bits per heavy atom. The van der Waals surface area contributed by atoms with Gasteiger partial charge >= 0.3 is 0 Å². The van der Waals surface area contributed by atoms with Crippen LogP contribution in [0.2, 0.25) is 0 Å². The molecule has 1 heterocycles. The Morgan fingerprint density at radius 2 is 1.96 bits per heavy atom. The van der Waals surface area contributed by atoms with E-state index in [-0.39, 0.29) is 5.91 Å². The van der Waals surface area contributed by atoms with Crippen molar-refractivity contribution in [2.45, 2.75) is 49.5 Å². The number of amides is 1. The Morgan fingerprint density at radius 1 is 1.20 bits per heavy atom. The summed E-state index contributed by atoms with van der Waals surface area (Å²) >= 11 is 2.94. The van der Waals surface area contributed by atoms with Crippen LogP contribution < -0.4 is 10.6 Å². The predicted molar refractivity (Wildman–Crippen MR) is 104 cm³/mol. The standard InChI is InChI=1S/C18H24N4OS2/c1-13-7-9-15(10-8-13)20-16(23)12-24-18-22-21-17(25-18)19-11-14-5-3-2-4-6-14/h2-6,13,15H,7-12H2,1H3,(H,19,21)(H,20,23). The van der Waals surface area contributed by atoms with E-state index >= 15 is 0 Å². The number of hydrogen-bond donors (Lipinski definition) is 2. The normalized spacial score (nSPS) is 20.2. The quantitative estimate of drug-likeness (QED) is 0.717. The molecule has 134 valence electrons. The number of thioether (sulfide) groups is 1. The molecule has 2 N–H and O–H groups in total. The van der Waals surface area contributed by atoms with Crippen molar-refractivity contribution >= 4 is 34.1 Å². The highest BCUT2D eigenvalue weighted by Crippen LogP contribution is 2.26. The molecule has 1 amide bonds. The van der Waals surface area contributed by atoms with Gasteiger partial charge in [-0.2, -0.15) is 0 Å². The van der Waals surface area contributed by atoms with Gasteiger partial charge in [0.2, 0.25) is 11.0 Å². The molecule has 5 nitrogen and oxygen atoms in total. The van der Waals surface area contributed by atoms with Gasteiger partial charge in [0.25, 0.3) is 0 Å². The Kier molecular flexibility index (Phi) is 6.69. The summed E-state index contributed by atoms with van der Waals surface area (Å²) in [5, 5.41) is 15.5. The lowest BCUT2D eigenvalue weighted by Crippen LogP contribution is -2.38. The molecule has 1 saturated carbocycles. The van der Waals surface area contributed by atoms with Crippen LogP contribution >= 0.6 is 23.1 Å². The third-order valence-corrected chi connectivity index (χ3v) is 6.42. The van der Waals surface area contributed by atoms with E-state index in [0.717, 1.165) is 34.8 Å². The van der Waals surface area contributed by atoms with E-state index < -0.39 is 0 Å². The van der Waals surface area contributed by atoms with E-state index in [1.54, 1.807) is 0 Å². The summed E-state index contributed by atoms with van der Waals surface area (Å²) in [5.41, 5.74) is 1.20. The molecule has 1 aromatic heterocycles. The number of benzene rings is 1. The van der Waals surface area contributed by atoms with Crippen LogP contribution in [0.4, 0.5) is 5.13 Å². The number of nitrogens with zero attached hydrogens (tertiary/aromatic N) is 2. The van der Waals surface area contributed by atoms with Gasteiger partial charge in [-0.05, 0) is 37.2 Å². The Bertz CT molecular complexity index is 669. The Hall–Kier alpha value is -1.60. The minimum Gasteiger partial charge on any atom is -0.356 e. The predicted octanol–water partition coefficient (Wildman–Crippen LogP) is 3.94. The molecule has 1 aliphatic rings. The van der Waals surface area contributed by atoms with Crippen molar-refractivity contribution in [2.75, 3.05) is 11.1 Å². The van der Waals surface area contributed by atoms with Gasteiger partial charge in [-0.1, -0.05) is 60.4 Å². The maximum Gasteiger partial charge on any atom is 0.230 e. The zero-order chi connectivity index (χ0) is 17.5. The molecule has 0 unspecified atom stereocenters. The topological polar surface area (TPSA) is 66.9 Å². The van der Waals surface area contributed by atoms with Gasteiger partial charge in [0.15, 0.2) is 4.34 Å².